The summed E-state index contributed by atoms with van der Waals surface area (Å²) >= 11 is 0. The lowest BCUT2D eigenvalue weighted by Crippen LogP contribution is -2.44. The van der Waals surface area contributed by atoms with E-state index in [9.17, 15) is 14.4 Å². The van der Waals surface area contributed by atoms with Crippen molar-refractivity contribution in [1.82, 2.24) is 15.6 Å². The molecule has 2 amide bonds. The average molecular weight is 479 g/mol. The number of benzene rings is 1. The van der Waals surface area contributed by atoms with E-state index in [0.29, 0.717) is 16.7 Å². The number of hydrogen-bond donors (Lipinski definition) is 4. The molecule has 1 fully saturated rings. The number of carboxylic acid groups (broad SMARTS) is 1. The maximum atomic E-state index is 13.2. The number of terminal acetylenes is 1. The zero-order valence-corrected chi connectivity index (χ0v) is 20.8. The third-order valence-corrected chi connectivity index (χ3v) is 6.83. The summed E-state index contributed by atoms with van der Waals surface area (Å²) < 4.78 is 0. The van der Waals surface area contributed by atoms with Gasteiger partial charge in [0.2, 0.25) is 0 Å². The Labute approximate surface area is 206 Å². The summed E-state index contributed by atoms with van der Waals surface area (Å²) in [5.41, 5.74) is 4.75. The molecule has 0 unspecified atom stereocenters. The van der Waals surface area contributed by atoms with Crippen LogP contribution in [0.5, 0.6) is 0 Å². The summed E-state index contributed by atoms with van der Waals surface area (Å²) in [5.74, 6) is 2.38. The molecule has 35 heavy (non-hydrogen) atoms. The minimum absolute atomic E-state index is 0.0321. The number of anilines is 1. The second-order valence-corrected chi connectivity index (χ2v) is 9.18. The van der Waals surface area contributed by atoms with Gasteiger partial charge >= 0.3 is 6.09 Å². The zero-order chi connectivity index (χ0) is 25.7. The smallest absolute Gasteiger partial charge is 0.404 e. The Hall–Kier alpha value is -3.73. The zero-order valence-electron chi connectivity index (χ0n) is 20.8. The maximum absolute atomic E-state index is 13.2. The van der Waals surface area contributed by atoms with Crippen LogP contribution in [0.1, 0.15) is 70.9 Å². The second kappa shape index (κ2) is 11.1. The number of carbonyl (C=O) groups is 2. The molecule has 186 valence electrons. The van der Waals surface area contributed by atoms with Crippen LogP contribution in [-0.2, 0) is 6.54 Å². The second-order valence-electron chi connectivity index (χ2n) is 9.18. The quantitative estimate of drug-likeness (QED) is 0.454. The molecule has 2 aromatic rings. The summed E-state index contributed by atoms with van der Waals surface area (Å²) in [6.45, 7) is 8.50. The van der Waals surface area contributed by atoms with Crippen molar-refractivity contribution in [3.8, 4) is 12.3 Å². The Bertz CT molecular complexity index is 1200. The van der Waals surface area contributed by atoms with Crippen molar-refractivity contribution < 1.29 is 14.7 Å². The summed E-state index contributed by atoms with van der Waals surface area (Å²) in [5, 5.41) is 14.5. The molecule has 0 atom stereocenters. The Morgan fingerprint density at radius 1 is 1.17 bits per heavy atom. The molecule has 8 heteroatoms. The molecule has 0 aliphatic heterocycles. The van der Waals surface area contributed by atoms with Gasteiger partial charge in [-0.25, -0.2) is 4.79 Å². The summed E-state index contributed by atoms with van der Waals surface area (Å²) in [7, 11) is 0. The average Bonchev–Trinajstić information content (AvgIpc) is 2.80. The molecule has 0 saturated heterocycles. The van der Waals surface area contributed by atoms with Crippen LogP contribution in [0, 0.1) is 33.1 Å². The van der Waals surface area contributed by atoms with Gasteiger partial charge in [-0.15, -0.1) is 6.42 Å². The van der Waals surface area contributed by atoms with Crippen LogP contribution >= 0.6 is 0 Å². The first-order valence-corrected chi connectivity index (χ1v) is 12.0. The number of pyridine rings is 1. The van der Waals surface area contributed by atoms with Crippen LogP contribution in [0.25, 0.3) is 0 Å². The first kappa shape index (κ1) is 25.9. The highest BCUT2D eigenvalue weighted by Crippen LogP contribution is 2.32. The van der Waals surface area contributed by atoms with E-state index in [0.717, 1.165) is 54.7 Å². The number of nitrogens with zero attached hydrogens (tertiary/aromatic N) is 1. The van der Waals surface area contributed by atoms with Gasteiger partial charge < -0.3 is 25.6 Å². The lowest BCUT2D eigenvalue weighted by atomic mass is 9.89. The highest BCUT2D eigenvalue weighted by molar-refractivity contribution is 5.97. The van der Waals surface area contributed by atoms with Gasteiger partial charge in [-0.2, -0.15) is 0 Å². The molecule has 1 aliphatic carbocycles. The van der Waals surface area contributed by atoms with Crippen molar-refractivity contribution in [3.05, 3.63) is 62.1 Å². The SMILES string of the molecule is C#Cc1cc(C(=O)NCc2c(C)cc(C)[nH]c2=O)c(C)c(N(CC)C2CCC(NC(=O)O)CC2)c1. The number of amides is 2. The van der Waals surface area contributed by atoms with Crippen molar-refractivity contribution in [2.24, 2.45) is 0 Å². The van der Waals surface area contributed by atoms with E-state index in [1.807, 2.05) is 32.9 Å². The number of nitrogens with one attached hydrogen (secondary N) is 3. The van der Waals surface area contributed by atoms with Crippen LogP contribution in [0.3, 0.4) is 0 Å². The van der Waals surface area contributed by atoms with E-state index in [1.165, 1.54) is 0 Å². The highest BCUT2D eigenvalue weighted by Gasteiger charge is 2.28. The fraction of sp³-hybridized carbons (Fsp3) is 0.444. The number of rotatable bonds is 7. The molecular formula is C27H34N4O4. The van der Waals surface area contributed by atoms with Gasteiger partial charge in [-0.1, -0.05) is 5.92 Å². The standard InChI is InChI=1S/C27H34N4O4/c1-6-19-13-22(25(32)28-15-23-16(3)12-17(4)29-26(23)33)18(5)24(14-19)31(7-2)21-10-8-20(9-11-21)30-27(34)35/h1,12-14,20-21,30H,7-11,15H2,2-5H3,(H,28,32)(H,29,33)(H,34,35). The predicted octanol–water partition coefficient (Wildman–Crippen LogP) is 3.62. The molecule has 1 saturated carbocycles. The molecule has 3 rings (SSSR count). The van der Waals surface area contributed by atoms with Gasteiger partial charge in [0, 0.05) is 53.2 Å². The molecule has 4 N–H and O–H groups in total. The van der Waals surface area contributed by atoms with Crippen molar-refractivity contribution in [3.63, 3.8) is 0 Å². The maximum Gasteiger partial charge on any atom is 0.404 e. The van der Waals surface area contributed by atoms with Gasteiger partial charge in [0.25, 0.3) is 11.5 Å². The van der Waals surface area contributed by atoms with Crippen LogP contribution in [0.15, 0.2) is 23.0 Å². The molecule has 8 nitrogen and oxygen atoms in total. The first-order chi connectivity index (χ1) is 16.6. The van der Waals surface area contributed by atoms with E-state index in [-0.39, 0.29) is 30.1 Å². The fourth-order valence-corrected chi connectivity index (χ4v) is 5.01. The van der Waals surface area contributed by atoms with E-state index < -0.39 is 6.09 Å². The van der Waals surface area contributed by atoms with Crippen LogP contribution in [0.4, 0.5) is 10.5 Å². The monoisotopic (exact) mass is 478 g/mol. The molecule has 0 bridgehead atoms. The van der Waals surface area contributed by atoms with Gasteiger partial charge in [0.1, 0.15) is 0 Å². The summed E-state index contributed by atoms with van der Waals surface area (Å²) in [6, 6.07) is 5.72. The topological polar surface area (TPSA) is 115 Å². The fourth-order valence-electron chi connectivity index (χ4n) is 5.01. The first-order valence-electron chi connectivity index (χ1n) is 12.0. The lowest BCUT2D eigenvalue weighted by Gasteiger charge is -2.39. The van der Waals surface area contributed by atoms with Gasteiger partial charge in [0.15, 0.2) is 0 Å². The van der Waals surface area contributed by atoms with Crippen LogP contribution in [0.2, 0.25) is 0 Å². The minimum atomic E-state index is -0.989. The molecule has 1 heterocycles. The molecule has 0 spiro atoms. The Kier molecular flexibility index (Phi) is 8.23. The van der Waals surface area contributed by atoms with E-state index >= 15 is 0 Å². The summed E-state index contributed by atoms with van der Waals surface area (Å²) in [4.78, 5) is 41.6. The lowest BCUT2D eigenvalue weighted by molar-refractivity contribution is 0.0950. The number of H-pyrrole nitrogens is 1. The van der Waals surface area contributed by atoms with Gasteiger partial charge in [-0.3, -0.25) is 9.59 Å². The van der Waals surface area contributed by atoms with E-state index in [2.05, 4.69) is 33.4 Å². The number of hydrogen-bond acceptors (Lipinski definition) is 4. The number of aromatic nitrogens is 1. The number of aromatic amines is 1. The molecule has 1 aromatic carbocycles. The highest BCUT2D eigenvalue weighted by atomic mass is 16.4. The third-order valence-electron chi connectivity index (χ3n) is 6.83. The predicted molar refractivity (Wildman–Crippen MR) is 137 cm³/mol. The van der Waals surface area contributed by atoms with Gasteiger partial charge in [0.05, 0.1) is 0 Å². The minimum Gasteiger partial charge on any atom is -0.465 e. The van der Waals surface area contributed by atoms with E-state index in [1.54, 1.807) is 6.07 Å². The Morgan fingerprint density at radius 2 is 1.86 bits per heavy atom. The van der Waals surface area contributed by atoms with Crippen LogP contribution < -0.4 is 21.1 Å². The normalized spacial score (nSPS) is 17.3. The van der Waals surface area contributed by atoms with Crippen molar-refractivity contribution >= 4 is 17.7 Å². The molecule has 1 aliphatic rings. The van der Waals surface area contributed by atoms with Crippen LogP contribution in [-0.4, -0.2) is 40.7 Å². The number of carbonyl (C=O) groups excluding carboxylic acids is 1. The Morgan fingerprint density at radius 3 is 2.43 bits per heavy atom. The van der Waals surface area contributed by atoms with E-state index in [4.69, 9.17) is 11.5 Å². The summed E-state index contributed by atoms with van der Waals surface area (Å²) in [6.07, 6.45) is 7.95. The van der Waals surface area contributed by atoms with Gasteiger partial charge in [-0.05, 0) is 82.7 Å². The van der Waals surface area contributed by atoms with Crippen molar-refractivity contribution in [2.45, 2.75) is 72.0 Å². The number of aryl methyl sites for hydroxylation is 2. The van der Waals surface area contributed by atoms with Crippen molar-refractivity contribution in [2.75, 3.05) is 11.4 Å². The molecule has 1 aromatic heterocycles. The van der Waals surface area contributed by atoms with Crippen molar-refractivity contribution in [1.29, 1.82) is 0 Å². The largest absolute Gasteiger partial charge is 0.465 e. The Balaban J connectivity index is 1.84. The molecule has 0 radical (unpaired) electrons. The third kappa shape index (κ3) is 6.04. The molecular weight excluding hydrogens is 444 g/mol.